The van der Waals surface area contributed by atoms with Gasteiger partial charge in [-0.1, -0.05) is 0 Å². The second kappa shape index (κ2) is 8.87. The molecule has 1 aromatic heterocycles. The van der Waals surface area contributed by atoms with E-state index < -0.39 is 0 Å². The zero-order chi connectivity index (χ0) is 20.1. The van der Waals surface area contributed by atoms with Crippen LogP contribution in [0.3, 0.4) is 0 Å². The van der Waals surface area contributed by atoms with Crippen LogP contribution in [0.15, 0.2) is 24.3 Å². The summed E-state index contributed by atoms with van der Waals surface area (Å²) in [6.45, 7) is 0.301. The van der Waals surface area contributed by atoms with Gasteiger partial charge in [-0.25, -0.2) is 0 Å². The van der Waals surface area contributed by atoms with E-state index in [-0.39, 0.29) is 24.9 Å². The van der Waals surface area contributed by atoms with Crippen LogP contribution in [0.4, 0.5) is 10.7 Å². The van der Waals surface area contributed by atoms with Crippen LogP contribution >= 0.6 is 11.3 Å². The van der Waals surface area contributed by atoms with Crippen molar-refractivity contribution in [2.45, 2.75) is 19.3 Å². The molecule has 0 saturated carbocycles. The highest BCUT2D eigenvalue weighted by molar-refractivity contribution is 7.16. The summed E-state index contributed by atoms with van der Waals surface area (Å²) in [5.41, 5.74) is 2.36. The Morgan fingerprint density at radius 1 is 1.18 bits per heavy atom. The molecule has 1 heterocycles. The van der Waals surface area contributed by atoms with Gasteiger partial charge in [0.25, 0.3) is 11.8 Å². The van der Waals surface area contributed by atoms with Crippen LogP contribution in [0.5, 0.6) is 5.75 Å². The average molecular weight is 399 g/mol. The van der Waals surface area contributed by atoms with Crippen LogP contribution in [-0.2, 0) is 22.4 Å². The molecule has 3 N–H and O–H groups in total. The third-order valence-corrected chi connectivity index (χ3v) is 5.79. The highest BCUT2D eigenvalue weighted by Gasteiger charge is 2.24. The Kier molecular flexibility index (Phi) is 6.29. The lowest BCUT2D eigenvalue weighted by atomic mass is 10.1. The predicted molar refractivity (Wildman–Crippen MR) is 108 cm³/mol. The summed E-state index contributed by atoms with van der Waals surface area (Å²) in [5.74, 6) is 0.336. The van der Waals surface area contributed by atoms with E-state index in [1.165, 1.54) is 16.2 Å². The molecule has 1 aliphatic rings. The van der Waals surface area contributed by atoms with Gasteiger partial charge in [0.15, 0.2) is 13.1 Å². The first-order valence-corrected chi connectivity index (χ1v) is 9.91. The first-order valence-electron chi connectivity index (χ1n) is 9.10. The number of nitrogens with one attached hydrogen (secondary N) is 3. The van der Waals surface area contributed by atoms with Crippen molar-refractivity contribution in [3.8, 4) is 11.8 Å². The topological polar surface area (TPSA) is 95.7 Å². The molecule has 2 amide bonds. The molecule has 1 unspecified atom stereocenters. The average Bonchev–Trinajstić information content (AvgIpc) is 3.22. The number of hydrogen-bond acceptors (Lipinski definition) is 5. The summed E-state index contributed by atoms with van der Waals surface area (Å²) in [5, 5.41) is 15.7. The lowest BCUT2D eigenvalue weighted by Crippen LogP contribution is -3.11. The number of quaternary nitrogens is 1. The highest BCUT2D eigenvalue weighted by Crippen LogP contribution is 2.38. The van der Waals surface area contributed by atoms with Crippen molar-refractivity contribution in [3.63, 3.8) is 0 Å². The molecular formula is C20H23N4O3S+. The van der Waals surface area contributed by atoms with Gasteiger partial charge in [-0.3, -0.25) is 9.59 Å². The molecule has 1 aliphatic carbocycles. The van der Waals surface area contributed by atoms with Crippen LogP contribution in [-0.4, -0.2) is 39.1 Å². The summed E-state index contributed by atoms with van der Waals surface area (Å²) >= 11 is 1.49. The van der Waals surface area contributed by atoms with E-state index in [1.54, 1.807) is 38.4 Å². The van der Waals surface area contributed by atoms with Gasteiger partial charge in [0.2, 0.25) is 0 Å². The van der Waals surface area contributed by atoms with Gasteiger partial charge in [-0.15, -0.1) is 11.3 Å². The van der Waals surface area contributed by atoms with Crippen molar-refractivity contribution in [1.29, 1.82) is 5.26 Å². The van der Waals surface area contributed by atoms with Gasteiger partial charge in [0.05, 0.1) is 19.7 Å². The standard InChI is InChI=1S/C20H22N4O3S/c1-24(11-18(25)22-13-6-8-14(27-2)9-7-13)12-19(26)23-20-16(10-21)15-4-3-5-17(15)28-20/h6-9H,3-5,11-12H2,1-2H3,(H,22,25)(H,23,26)/p+1. The highest BCUT2D eigenvalue weighted by atomic mass is 32.1. The van der Waals surface area contributed by atoms with Gasteiger partial charge in [0, 0.05) is 10.6 Å². The summed E-state index contributed by atoms with van der Waals surface area (Å²) in [6, 6.07) is 9.28. The van der Waals surface area contributed by atoms with E-state index in [0.29, 0.717) is 22.0 Å². The zero-order valence-corrected chi connectivity index (χ0v) is 16.7. The number of anilines is 2. The number of nitrogens with zero attached hydrogens (tertiary/aromatic N) is 1. The maximum Gasteiger partial charge on any atom is 0.280 e. The van der Waals surface area contributed by atoms with Crippen LogP contribution < -0.4 is 20.3 Å². The van der Waals surface area contributed by atoms with Crippen molar-refractivity contribution in [2.75, 3.05) is 37.9 Å². The molecule has 8 heteroatoms. The molecule has 0 aliphatic heterocycles. The van der Waals surface area contributed by atoms with Crippen molar-refractivity contribution in [1.82, 2.24) is 0 Å². The molecule has 3 rings (SSSR count). The molecule has 0 saturated heterocycles. The van der Waals surface area contributed by atoms with Gasteiger partial charge >= 0.3 is 0 Å². The van der Waals surface area contributed by atoms with E-state index in [9.17, 15) is 14.9 Å². The number of carbonyl (C=O) groups is 2. The molecule has 0 bridgehead atoms. The van der Waals surface area contributed by atoms with Crippen molar-refractivity contribution < 1.29 is 19.2 Å². The number of benzene rings is 1. The lowest BCUT2D eigenvalue weighted by molar-refractivity contribution is -0.862. The first kappa shape index (κ1) is 19.9. The van der Waals surface area contributed by atoms with E-state index >= 15 is 0 Å². The molecule has 146 valence electrons. The lowest BCUT2D eigenvalue weighted by Gasteiger charge is -2.13. The van der Waals surface area contributed by atoms with Crippen LogP contribution in [0.25, 0.3) is 0 Å². The molecule has 1 aromatic carbocycles. The Labute approximate surface area is 167 Å². The fourth-order valence-electron chi connectivity index (χ4n) is 3.27. The quantitative estimate of drug-likeness (QED) is 0.652. The number of methoxy groups -OCH3 is 1. The summed E-state index contributed by atoms with van der Waals surface area (Å²) < 4.78 is 5.09. The maximum atomic E-state index is 12.3. The second-order valence-electron chi connectivity index (χ2n) is 6.81. The molecular weight excluding hydrogens is 376 g/mol. The van der Waals surface area contributed by atoms with Gasteiger partial charge in [0.1, 0.15) is 16.8 Å². The number of aryl methyl sites for hydroxylation is 1. The maximum absolute atomic E-state index is 12.3. The summed E-state index contributed by atoms with van der Waals surface area (Å²) in [6.07, 6.45) is 2.95. The van der Waals surface area contributed by atoms with E-state index in [4.69, 9.17) is 4.74 Å². The second-order valence-corrected chi connectivity index (χ2v) is 7.91. The first-order chi connectivity index (χ1) is 13.5. The van der Waals surface area contributed by atoms with Gasteiger partial charge in [-0.2, -0.15) is 5.26 Å². The molecule has 1 atom stereocenters. The Bertz CT molecular complexity index is 915. The predicted octanol–water partition coefficient (Wildman–Crippen LogP) is 1.21. The van der Waals surface area contributed by atoms with Crippen LogP contribution in [0.2, 0.25) is 0 Å². The largest absolute Gasteiger partial charge is 0.497 e. The number of thiophene rings is 1. The number of likely N-dealkylation sites (N-methyl/N-ethyl adjacent to an activating group) is 1. The van der Waals surface area contributed by atoms with Crippen molar-refractivity contribution >= 4 is 33.8 Å². The third kappa shape index (κ3) is 4.68. The Morgan fingerprint density at radius 2 is 1.86 bits per heavy atom. The normalized spacial score (nSPS) is 13.3. The third-order valence-electron chi connectivity index (χ3n) is 4.58. The number of nitriles is 1. The fourth-order valence-corrected chi connectivity index (χ4v) is 4.53. The van der Waals surface area contributed by atoms with Gasteiger partial charge in [-0.05, 0) is 49.1 Å². The van der Waals surface area contributed by atoms with E-state index in [1.807, 2.05) is 0 Å². The number of amides is 2. The van der Waals surface area contributed by atoms with Crippen molar-refractivity contribution in [3.05, 3.63) is 40.3 Å². The van der Waals surface area contributed by atoms with Crippen LogP contribution in [0.1, 0.15) is 22.4 Å². The molecule has 0 fully saturated rings. The zero-order valence-electron chi connectivity index (χ0n) is 15.9. The SMILES string of the molecule is COc1ccc(NC(=O)C[NH+](C)CC(=O)Nc2sc3c(c2C#N)CCC3)cc1. The molecule has 0 spiro atoms. The number of fused-ring (bicyclic) bond motifs is 1. The summed E-state index contributed by atoms with van der Waals surface area (Å²) in [7, 11) is 3.37. The molecule has 2 aromatic rings. The molecule has 28 heavy (non-hydrogen) atoms. The van der Waals surface area contributed by atoms with E-state index in [2.05, 4.69) is 16.7 Å². The minimum Gasteiger partial charge on any atom is -0.497 e. The number of hydrogen-bond donors (Lipinski definition) is 3. The smallest absolute Gasteiger partial charge is 0.280 e. The number of carbonyl (C=O) groups excluding carboxylic acids is 2. The minimum atomic E-state index is -0.203. The molecule has 7 nitrogen and oxygen atoms in total. The van der Waals surface area contributed by atoms with E-state index in [0.717, 1.165) is 29.7 Å². The van der Waals surface area contributed by atoms with Crippen LogP contribution in [0, 0.1) is 11.3 Å². The Balaban J connectivity index is 1.50. The molecule has 0 radical (unpaired) electrons. The Morgan fingerprint density at radius 3 is 2.50 bits per heavy atom. The Hall–Kier alpha value is -2.89. The summed E-state index contributed by atoms with van der Waals surface area (Å²) in [4.78, 5) is 26.5. The monoisotopic (exact) mass is 399 g/mol. The fraction of sp³-hybridized carbons (Fsp3) is 0.350. The van der Waals surface area contributed by atoms with Crippen molar-refractivity contribution in [2.24, 2.45) is 0 Å². The number of rotatable bonds is 7. The van der Waals surface area contributed by atoms with Gasteiger partial charge < -0.3 is 20.3 Å². The number of ether oxygens (including phenoxy) is 1. The minimum absolute atomic E-state index is 0.142.